The van der Waals surface area contributed by atoms with Crippen LogP contribution in [0.5, 0.6) is 11.6 Å². The molecule has 0 bridgehead atoms. The molecule has 10 nitrogen and oxygen atoms in total. The molecule has 0 fully saturated rings. The summed E-state index contributed by atoms with van der Waals surface area (Å²) in [6.07, 6.45) is -1.36. The molecular formula is C18H21Cl2N5O5. The Morgan fingerprint density at radius 3 is 2.30 bits per heavy atom. The van der Waals surface area contributed by atoms with Crippen LogP contribution in [0.4, 0.5) is 10.5 Å². The molecule has 162 valence electrons. The molecule has 0 saturated carbocycles. The lowest BCUT2D eigenvalue weighted by Crippen LogP contribution is -2.46. The summed E-state index contributed by atoms with van der Waals surface area (Å²) in [6, 6.07) is 3.12. The molecule has 1 heterocycles. The average Bonchev–Trinajstić information content (AvgIpc) is 2.66. The van der Waals surface area contributed by atoms with Crippen molar-refractivity contribution in [2.45, 2.75) is 32.7 Å². The largest absolute Gasteiger partial charge is 0.465 e. The number of nitrogens with zero attached hydrogens (tertiary/aromatic N) is 4. The van der Waals surface area contributed by atoms with Crippen LogP contribution in [0.15, 0.2) is 28.1 Å². The molecule has 1 aromatic heterocycles. The number of benzene rings is 1. The van der Waals surface area contributed by atoms with Crippen molar-refractivity contribution >= 4 is 40.8 Å². The van der Waals surface area contributed by atoms with Crippen molar-refractivity contribution in [3.63, 3.8) is 0 Å². The van der Waals surface area contributed by atoms with E-state index in [1.54, 1.807) is 0 Å². The molecule has 1 atom stereocenters. The maximum absolute atomic E-state index is 12.2. The van der Waals surface area contributed by atoms with Crippen molar-refractivity contribution in [3.05, 3.63) is 44.2 Å². The summed E-state index contributed by atoms with van der Waals surface area (Å²) < 4.78 is 6.85. The Morgan fingerprint density at radius 1 is 1.27 bits per heavy atom. The van der Waals surface area contributed by atoms with Gasteiger partial charge in [0.2, 0.25) is 5.88 Å². The van der Waals surface area contributed by atoms with Gasteiger partial charge in [-0.15, -0.1) is 5.10 Å². The Hall–Kier alpha value is -2.98. The average molecular weight is 458 g/mol. The quantitative estimate of drug-likeness (QED) is 0.260. The number of amidine groups is 1. The number of hydrogen-bond donors (Lipinski definition) is 3. The second-order valence-corrected chi connectivity index (χ2v) is 7.53. The fourth-order valence-electron chi connectivity index (χ4n) is 2.67. The van der Waals surface area contributed by atoms with Gasteiger partial charge in [0.1, 0.15) is 0 Å². The van der Waals surface area contributed by atoms with Gasteiger partial charge in [-0.2, -0.15) is 0 Å². The summed E-state index contributed by atoms with van der Waals surface area (Å²) in [6.45, 7) is 5.15. The minimum Gasteiger partial charge on any atom is -0.465 e. The predicted molar refractivity (Wildman–Crippen MR) is 113 cm³/mol. The number of carbonyl (C=O) groups is 1. The highest BCUT2D eigenvalue weighted by Gasteiger charge is 2.27. The fraction of sp³-hybridized carbons (Fsp3) is 0.333. The first-order valence-corrected chi connectivity index (χ1v) is 9.48. The molecule has 2 rings (SSSR count). The number of aromatic nitrogens is 2. The Morgan fingerprint density at radius 2 is 1.83 bits per heavy atom. The van der Waals surface area contributed by atoms with Crippen LogP contribution >= 0.6 is 23.2 Å². The molecule has 0 aliphatic rings. The maximum Gasteiger partial charge on any atom is 0.412 e. The minimum absolute atomic E-state index is 0.00258. The van der Waals surface area contributed by atoms with Gasteiger partial charge in [0.25, 0.3) is 5.56 Å². The third kappa shape index (κ3) is 4.77. The molecule has 12 heteroatoms. The van der Waals surface area contributed by atoms with Crippen LogP contribution in [0, 0.1) is 0 Å². The van der Waals surface area contributed by atoms with E-state index in [0.29, 0.717) is 5.56 Å². The number of amides is 1. The fourth-order valence-corrected chi connectivity index (χ4v) is 3.22. The van der Waals surface area contributed by atoms with Crippen molar-refractivity contribution < 1.29 is 19.8 Å². The number of oxime groups is 1. The second-order valence-electron chi connectivity index (χ2n) is 6.72. The van der Waals surface area contributed by atoms with Crippen molar-refractivity contribution in [1.29, 1.82) is 0 Å². The van der Waals surface area contributed by atoms with E-state index in [2.05, 4.69) is 10.3 Å². The number of carboxylic acid groups (broad SMARTS) is 1. The van der Waals surface area contributed by atoms with Gasteiger partial charge >= 0.3 is 6.09 Å². The van der Waals surface area contributed by atoms with Gasteiger partial charge < -0.3 is 20.8 Å². The van der Waals surface area contributed by atoms with E-state index >= 15 is 0 Å². The van der Waals surface area contributed by atoms with Crippen LogP contribution in [0.25, 0.3) is 0 Å². The van der Waals surface area contributed by atoms with E-state index in [-0.39, 0.29) is 44.7 Å². The summed E-state index contributed by atoms with van der Waals surface area (Å²) in [5.41, 5.74) is 5.86. The molecule has 0 aliphatic carbocycles. The van der Waals surface area contributed by atoms with Crippen molar-refractivity contribution in [2.24, 2.45) is 17.9 Å². The summed E-state index contributed by atoms with van der Waals surface area (Å²) in [5.74, 6) is -0.255. The van der Waals surface area contributed by atoms with Crippen molar-refractivity contribution in [3.8, 4) is 11.6 Å². The zero-order valence-electron chi connectivity index (χ0n) is 16.6. The summed E-state index contributed by atoms with van der Waals surface area (Å²) >= 11 is 12.6. The number of anilines is 1. The number of rotatable bonds is 6. The van der Waals surface area contributed by atoms with E-state index in [1.165, 1.54) is 32.2 Å². The Kier molecular flexibility index (Phi) is 7.16. The zero-order valence-corrected chi connectivity index (χ0v) is 18.1. The standard InChI is InChI=1S/C18H21Cl2N5O5/c1-8(2)11-7-14(22-24(4)17(11)26)30-15-12(19)5-10(6-13(15)20)25(18(27)28)9(3)16(21)23-29/h5-9,29H,1-4H3,(H2,21,23)(H,27,28). The molecule has 30 heavy (non-hydrogen) atoms. The Balaban J connectivity index is 2.49. The summed E-state index contributed by atoms with van der Waals surface area (Å²) in [7, 11) is 1.49. The van der Waals surface area contributed by atoms with Crippen LogP contribution in [0.1, 0.15) is 32.3 Å². The first kappa shape index (κ1) is 23.3. The molecule has 1 aromatic carbocycles. The lowest BCUT2D eigenvalue weighted by Gasteiger charge is -2.26. The monoisotopic (exact) mass is 457 g/mol. The zero-order chi connectivity index (χ0) is 22.7. The molecule has 0 radical (unpaired) electrons. The van der Waals surface area contributed by atoms with E-state index < -0.39 is 12.1 Å². The minimum atomic E-state index is -1.36. The third-order valence-electron chi connectivity index (χ3n) is 4.30. The lowest BCUT2D eigenvalue weighted by atomic mass is 10.1. The van der Waals surface area contributed by atoms with Crippen molar-refractivity contribution in [2.75, 3.05) is 4.90 Å². The molecule has 4 N–H and O–H groups in total. The van der Waals surface area contributed by atoms with Crippen molar-refractivity contribution in [1.82, 2.24) is 9.78 Å². The first-order chi connectivity index (χ1) is 14.0. The number of halogens is 2. The summed E-state index contributed by atoms with van der Waals surface area (Å²) in [5, 5.41) is 25.3. The SMILES string of the molecule is CC(C)c1cc(Oc2c(Cl)cc(N(C(=O)O)C(C)C(N)=NO)cc2Cl)nn(C)c1=O. The molecule has 0 saturated heterocycles. The van der Waals surface area contributed by atoms with Gasteiger partial charge in [-0.25, -0.2) is 9.48 Å². The number of aryl methyl sites for hydroxylation is 1. The van der Waals surface area contributed by atoms with Crippen LogP contribution in [0.3, 0.4) is 0 Å². The molecular weight excluding hydrogens is 437 g/mol. The van der Waals surface area contributed by atoms with Crippen LogP contribution in [-0.2, 0) is 7.05 Å². The number of ether oxygens (including phenoxy) is 1. The third-order valence-corrected chi connectivity index (χ3v) is 4.86. The van der Waals surface area contributed by atoms with Gasteiger partial charge in [0, 0.05) is 18.7 Å². The summed E-state index contributed by atoms with van der Waals surface area (Å²) in [4.78, 5) is 24.7. The highest BCUT2D eigenvalue weighted by Crippen LogP contribution is 2.40. The number of hydrogen-bond acceptors (Lipinski definition) is 6. The Labute approximate surface area is 182 Å². The highest BCUT2D eigenvalue weighted by atomic mass is 35.5. The van der Waals surface area contributed by atoms with Gasteiger partial charge in [-0.1, -0.05) is 42.2 Å². The van der Waals surface area contributed by atoms with Crippen LogP contribution in [-0.4, -0.2) is 38.1 Å². The normalized spacial score (nSPS) is 12.7. The highest BCUT2D eigenvalue weighted by molar-refractivity contribution is 6.37. The molecule has 1 amide bonds. The topological polar surface area (TPSA) is 143 Å². The van der Waals surface area contributed by atoms with Gasteiger partial charge in [-0.05, 0) is 25.0 Å². The van der Waals surface area contributed by atoms with E-state index in [4.69, 9.17) is 38.9 Å². The van der Waals surface area contributed by atoms with Gasteiger partial charge in [0.05, 0.1) is 21.8 Å². The van der Waals surface area contributed by atoms with Gasteiger partial charge in [0.15, 0.2) is 11.6 Å². The van der Waals surface area contributed by atoms with E-state index in [1.807, 2.05) is 13.8 Å². The predicted octanol–water partition coefficient (Wildman–Crippen LogP) is 3.62. The van der Waals surface area contributed by atoms with Crippen LogP contribution in [0.2, 0.25) is 10.0 Å². The van der Waals surface area contributed by atoms with Crippen LogP contribution < -0.4 is 20.9 Å². The Bertz CT molecular complexity index is 1030. The molecule has 0 aliphatic heterocycles. The number of nitrogens with two attached hydrogens (primary N) is 1. The first-order valence-electron chi connectivity index (χ1n) is 8.72. The molecule has 1 unspecified atom stereocenters. The second kappa shape index (κ2) is 9.23. The maximum atomic E-state index is 12.2. The smallest absolute Gasteiger partial charge is 0.412 e. The van der Waals surface area contributed by atoms with E-state index in [0.717, 1.165) is 9.58 Å². The molecule has 2 aromatic rings. The van der Waals surface area contributed by atoms with E-state index in [9.17, 15) is 14.7 Å². The van der Waals surface area contributed by atoms with Gasteiger partial charge in [-0.3, -0.25) is 9.69 Å². The lowest BCUT2D eigenvalue weighted by molar-refractivity contribution is 0.201. The molecule has 0 spiro atoms.